The van der Waals surface area contributed by atoms with Crippen molar-refractivity contribution in [3.8, 4) is 0 Å². The molecular formula is C10H21NO7. The molecule has 0 saturated carbocycles. The van der Waals surface area contributed by atoms with Crippen LogP contribution >= 0.6 is 0 Å². The van der Waals surface area contributed by atoms with Gasteiger partial charge in [0.1, 0.15) is 18.3 Å². The molecule has 0 saturated heterocycles. The SMILES string of the molecule is CCC(=O)N[C@](O)(CO)[C@@H](O)[C@H](O)[C@H](O)COC. The first kappa shape index (κ1) is 17.2. The fourth-order valence-electron chi connectivity index (χ4n) is 1.30. The first-order valence-corrected chi connectivity index (χ1v) is 5.49. The Labute approximate surface area is 105 Å². The van der Waals surface area contributed by atoms with Gasteiger partial charge in [0.2, 0.25) is 5.91 Å². The molecule has 0 aromatic rings. The summed E-state index contributed by atoms with van der Waals surface area (Å²) < 4.78 is 4.57. The predicted octanol–water partition coefficient (Wildman–Crippen LogP) is -3.08. The molecule has 4 atom stereocenters. The first-order chi connectivity index (χ1) is 8.32. The third kappa shape index (κ3) is 4.48. The second-order valence-corrected chi connectivity index (χ2v) is 3.94. The zero-order valence-corrected chi connectivity index (χ0v) is 10.4. The van der Waals surface area contributed by atoms with Gasteiger partial charge in [0, 0.05) is 13.5 Å². The lowest BCUT2D eigenvalue weighted by atomic mass is 9.98. The monoisotopic (exact) mass is 267 g/mol. The number of carbonyl (C=O) groups is 1. The number of nitrogens with one attached hydrogen (secondary N) is 1. The van der Waals surface area contributed by atoms with E-state index in [-0.39, 0.29) is 13.0 Å². The zero-order chi connectivity index (χ0) is 14.3. The van der Waals surface area contributed by atoms with Crippen molar-refractivity contribution in [2.45, 2.75) is 37.4 Å². The van der Waals surface area contributed by atoms with Crippen LogP contribution in [0.5, 0.6) is 0 Å². The number of hydrogen-bond acceptors (Lipinski definition) is 7. The molecule has 0 fully saturated rings. The van der Waals surface area contributed by atoms with Crippen molar-refractivity contribution < 1.29 is 35.1 Å². The van der Waals surface area contributed by atoms with E-state index in [0.717, 1.165) is 0 Å². The van der Waals surface area contributed by atoms with Gasteiger partial charge in [-0.05, 0) is 0 Å². The Kier molecular flexibility index (Phi) is 7.29. The van der Waals surface area contributed by atoms with Crippen molar-refractivity contribution in [3.63, 3.8) is 0 Å². The summed E-state index contributed by atoms with van der Waals surface area (Å²) in [4.78, 5) is 11.1. The van der Waals surface area contributed by atoms with E-state index in [9.17, 15) is 25.2 Å². The summed E-state index contributed by atoms with van der Waals surface area (Å²) in [5.74, 6) is -0.626. The topological polar surface area (TPSA) is 139 Å². The van der Waals surface area contributed by atoms with E-state index in [1.54, 1.807) is 0 Å². The molecule has 18 heavy (non-hydrogen) atoms. The molecule has 0 aliphatic carbocycles. The van der Waals surface area contributed by atoms with Crippen LogP contribution in [0.15, 0.2) is 0 Å². The molecule has 8 heteroatoms. The van der Waals surface area contributed by atoms with Crippen LogP contribution in [0, 0.1) is 0 Å². The summed E-state index contributed by atoms with van der Waals surface area (Å²) in [7, 11) is 1.28. The van der Waals surface area contributed by atoms with Crippen molar-refractivity contribution in [2.24, 2.45) is 0 Å². The molecule has 0 aromatic carbocycles. The second kappa shape index (κ2) is 7.62. The average Bonchev–Trinajstić information content (AvgIpc) is 2.36. The Hall–Kier alpha value is -0.770. The van der Waals surface area contributed by atoms with Crippen LogP contribution in [0.25, 0.3) is 0 Å². The largest absolute Gasteiger partial charge is 0.391 e. The van der Waals surface area contributed by atoms with Crippen LogP contribution in [0.4, 0.5) is 0 Å². The average molecular weight is 267 g/mol. The maximum atomic E-state index is 11.1. The zero-order valence-electron chi connectivity index (χ0n) is 10.4. The fourth-order valence-corrected chi connectivity index (χ4v) is 1.30. The summed E-state index contributed by atoms with van der Waals surface area (Å²) in [6, 6.07) is 0. The van der Waals surface area contributed by atoms with Gasteiger partial charge >= 0.3 is 0 Å². The van der Waals surface area contributed by atoms with Gasteiger partial charge in [-0.15, -0.1) is 0 Å². The Morgan fingerprint density at radius 2 is 1.94 bits per heavy atom. The normalized spacial score (nSPS) is 19.7. The van der Waals surface area contributed by atoms with Crippen LogP contribution in [0.3, 0.4) is 0 Å². The molecular weight excluding hydrogens is 246 g/mol. The first-order valence-electron chi connectivity index (χ1n) is 5.49. The van der Waals surface area contributed by atoms with Crippen molar-refractivity contribution in [1.29, 1.82) is 0 Å². The van der Waals surface area contributed by atoms with Crippen molar-refractivity contribution >= 4 is 5.91 Å². The van der Waals surface area contributed by atoms with Crippen molar-refractivity contribution in [1.82, 2.24) is 5.32 Å². The van der Waals surface area contributed by atoms with Crippen LogP contribution in [0.1, 0.15) is 13.3 Å². The second-order valence-electron chi connectivity index (χ2n) is 3.94. The molecule has 0 aliphatic rings. The van der Waals surface area contributed by atoms with Crippen LogP contribution in [-0.4, -0.2) is 75.8 Å². The smallest absolute Gasteiger partial charge is 0.222 e. The van der Waals surface area contributed by atoms with Gasteiger partial charge < -0.3 is 35.6 Å². The van der Waals surface area contributed by atoms with E-state index < -0.39 is 36.6 Å². The molecule has 1 amide bonds. The Bertz CT molecular complexity index is 263. The summed E-state index contributed by atoms with van der Waals surface area (Å²) in [6.07, 6.45) is -5.21. The number of rotatable bonds is 8. The number of carbonyl (C=O) groups excluding carboxylic acids is 1. The highest BCUT2D eigenvalue weighted by Crippen LogP contribution is 2.14. The molecule has 0 aliphatic heterocycles. The minimum atomic E-state index is -2.43. The molecule has 0 bridgehead atoms. The maximum Gasteiger partial charge on any atom is 0.222 e. The standard InChI is InChI=1S/C10H21NO7/c1-3-7(14)11-10(17,5-12)9(16)8(15)6(13)4-18-2/h6,8-9,12-13,15-17H,3-5H2,1-2H3,(H,11,14)/t6-,8-,9+,10+/m1/s1. The quantitative estimate of drug-likeness (QED) is 0.256. The molecule has 6 N–H and O–H groups in total. The lowest BCUT2D eigenvalue weighted by molar-refractivity contribution is -0.189. The Balaban J connectivity index is 4.76. The highest BCUT2D eigenvalue weighted by molar-refractivity contribution is 5.76. The van der Waals surface area contributed by atoms with E-state index >= 15 is 0 Å². The summed E-state index contributed by atoms with van der Waals surface area (Å²) in [5, 5.41) is 49.5. The molecule has 0 heterocycles. The summed E-state index contributed by atoms with van der Waals surface area (Å²) in [5.41, 5.74) is -2.43. The van der Waals surface area contributed by atoms with Gasteiger partial charge in [0.25, 0.3) is 0 Å². The van der Waals surface area contributed by atoms with Gasteiger partial charge in [0.15, 0.2) is 5.72 Å². The van der Waals surface area contributed by atoms with E-state index in [4.69, 9.17) is 5.11 Å². The third-order valence-corrected chi connectivity index (χ3v) is 2.46. The highest BCUT2D eigenvalue weighted by atomic mass is 16.5. The molecule has 0 rings (SSSR count). The lowest BCUT2D eigenvalue weighted by Crippen LogP contribution is -2.64. The van der Waals surface area contributed by atoms with E-state index in [1.807, 2.05) is 5.32 Å². The van der Waals surface area contributed by atoms with Crippen molar-refractivity contribution in [3.05, 3.63) is 0 Å². The number of amides is 1. The molecule has 0 spiro atoms. The molecule has 0 radical (unpaired) electrons. The third-order valence-electron chi connectivity index (χ3n) is 2.46. The Morgan fingerprint density at radius 3 is 2.33 bits per heavy atom. The van der Waals surface area contributed by atoms with E-state index in [0.29, 0.717) is 0 Å². The molecule has 0 unspecified atom stereocenters. The van der Waals surface area contributed by atoms with Gasteiger partial charge in [-0.3, -0.25) is 4.79 Å². The fraction of sp³-hybridized carbons (Fsp3) is 0.900. The maximum absolute atomic E-state index is 11.1. The minimum Gasteiger partial charge on any atom is -0.391 e. The summed E-state index contributed by atoms with van der Waals surface area (Å²) in [6.45, 7) is 0.216. The van der Waals surface area contributed by atoms with Crippen LogP contribution in [0.2, 0.25) is 0 Å². The Morgan fingerprint density at radius 1 is 1.39 bits per heavy atom. The number of aliphatic hydroxyl groups is 5. The molecule has 8 nitrogen and oxygen atoms in total. The van der Waals surface area contributed by atoms with Gasteiger partial charge in [0.05, 0.1) is 13.2 Å². The number of ether oxygens (including phenoxy) is 1. The van der Waals surface area contributed by atoms with Gasteiger partial charge in [-0.1, -0.05) is 6.92 Å². The van der Waals surface area contributed by atoms with Gasteiger partial charge in [-0.25, -0.2) is 0 Å². The number of aliphatic hydroxyl groups excluding tert-OH is 4. The molecule has 0 aromatic heterocycles. The van der Waals surface area contributed by atoms with E-state index in [2.05, 4.69) is 4.74 Å². The van der Waals surface area contributed by atoms with Crippen LogP contribution in [-0.2, 0) is 9.53 Å². The van der Waals surface area contributed by atoms with E-state index in [1.165, 1.54) is 14.0 Å². The van der Waals surface area contributed by atoms with Crippen LogP contribution < -0.4 is 5.32 Å². The number of methoxy groups -OCH3 is 1. The minimum absolute atomic E-state index is 0.0196. The predicted molar refractivity (Wildman–Crippen MR) is 60.4 cm³/mol. The van der Waals surface area contributed by atoms with Crippen molar-refractivity contribution in [2.75, 3.05) is 20.3 Å². The highest BCUT2D eigenvalue weighted by Gasteiger charge is 2.43. The molecule has 108 valence electrons. The summed E-state index contributed by atoms with van der Waals surface area (Å²) >= 11 is 0. The van der Waals surface area contributed by atoms with Gasteiger partial charge in [-0.2, -0.15) is 0 Å². The number of hydrogen-bond donors (Lipinski definition) is 6. The lowest BCUT2D eigenvalue weighted by Gasteiger charge is -2.35.